The van der Waals surface area contributed by atoms with Crippen LogP contribution in [0.3, 0.4) is 0 Å². The normalized spacial score (nSPS) is 13.8. The third-order valence-corrected chi connectivity index (χ3v) is 11.5. The van der Waals surface area contributed by atoms with E-state index >= 15 is 0 Å². The number of likely N-dealkylation sites (tertiary alicyclic amines) is 1. The van der Waals surface area contributed by atoms with Gasteiger partial charge in [0.25, 0.3) is 5.91 Å². The summed E-state index contributed by atoms with van der Waals surface area (Å²) in [5, 5.41) is 29.1. The minimum absolute atomic E-state index is 0. The molecule has 4 aromatic carbocycles. The molecule has 1 amide bonds. The van der Waals surface area contributed by atoms with Gasteiger partial charge in [-0.2, -0.15) is 26.3 Å². The van der Waals surface area contributed by atoms with Crippen molar-refractivity contribution in [2.45, 2.75) is 129 Å². The van der Waals surface area contributed by atoms with Crippen LogP contribution in [0.5, 0.6) is 11.5 Å². The minimum Gasteiger partial charge on any atom is -0.727 e. The van der Waals surface area contributed by atoms with Gasteiger partial charge in [0.1, 0.15) is 11.5 Å². The molecular weight excluding hydrogens is 951 g/mol. The molecule has 1 aliphatic rings. The Balaban J connectivity index is 0.000000307. The Labute approximate surface area is 423 Å². The number of alkyl halides is 6. The Bertz CT molecular complexity index is 2710. The van der Waals surface area contributed by atoms with Gasteiger partial charge < -0.3 is 43.8 Å². The van der Waals surface area contributed by atoms with E-state index in [1.807, 2.05) is 27.7 Å². The number of aryl methyl sites for hydroxylation is 4. The summed E-state index contributed by atoms with van der Waals surface area (Å²) in [4.78, 5) is 39.9. The van der Waals surface area contributed by atoms with E-state index in [0.29, 0.717) is 97.8 Å². The van der Waals surface area contributed by atoms with Gasteiger partial charge in [0.15, 0.2) is 28.7 Å². The van der Waals surface area contributed by atoms with Gasteiger partial charge in [-0.15, -0.1) is 0 Å². The van der Waals surface area contributed by atoms with E-state index in [-0.39, 0.29) is 58.2 Å². The van der Waals surface area contributed by atoms with Crippen molar-refractivity contribution >= 4 is 39.8 Å². The van der Waals surface area contributed by atoms with Crippen molar-refractivity contribution in [1.82, 2.24) is 15.2 Å². The molecule has 0 aliphatic carbocycles. The summed E-state index contributed by atoms with van der Waals surface area (Å²) in [5.41, 5.74) is 0.545. The largest absolute Gasteiger partial charge is 1.00 e. The molecule has 0 bridgehead atoms. The van der Waals surface area contributed by atoms with Gasteiger partial charge in [-0.3, -0.25) is 4.79 Å². The standard InChI is InChI=1S/C29H33F3N2O5.C22H22F3NO4.Li.H2O2/c1-4-11-20-17-22-25(39-33-26(22)29(30,31)32)21(12-5-2)23(20)38-24(19-13-7-6-8-14-19)28(36)37-18(3)27(35)34-15-9-10-16-34;1-3-8-14-12-16-19(30-26-20(16)22(23,24)25)15(9-4-2)17(14)29-18(21(27)28)13-10-6-5-7-11-13;;1-2/h6-8,13-14,17-18,24H,4-5,9-12,15-16H2,1-3H3;5-7,10-12,18H,3-4,8-9H2,1-2H3,(H,27,28);;1-2H/q;;+1;/p-1/t18-,24?;;;/m1.../s1. The molecule has 21 heteroatoms. The third kappa shape index (κ3) is 13.9. The fourth-order valence-electron chi connectivity index (χ4n) is 8.42. The van der Waals surface area contributed by atoms with E-state index in [1.165, 1.54) is 19.1 Å². The van der Waals surface area contributed by atoms with Crippen molar-refractivity contribution in [3.05, 3.63) is 118 Å². The molecule has 1 saturated heterocycles. The van der Waals surface area contributed by atoms with Crippen molar-refractivity contribution < 1.29 is 98.5 Å². The molecule has 14 nitrogen and oxygen atoms in total. The predicted molar refractivity (Wildman–Crippen MR) is 245 cm³/mol. The van der Waals surface area contributed by atoms with Crippen molar-refractivity contribution in [2.24, 2.45) is 0 Å². The first kappa shape index (κ1) is 58.5. The molecule has 0 radical (unpaired) electrons. The van der Waals surface area contributed by atoms with E-state index in [2.05, 4.69) is 10.3 Å². The first-order valence-electron chi connectivity index (χ1n) is 23.3. The number of aromatic nitrogens is 2. The van der Waals surface area contributed by atoms with Crippen LogP contribution < -0.4 is 33.6 Å². The quantitative estimate of drug-likeness (QED) is 0.0275. The van der Waals surface area contributed by atoms with E-state index in [4.69, 9.17) is 33.8 Å². The molecule has 2 unspecified atom stereocenters. The number of benzene rings is 4. The number of carboxylic acid groups (broad SMARTS) is 1. The number of esters is 1. The molecule has 72 heavy (non-hydrogen) atoms. The monoisotopic (exact) mass is 1010 g/mol. The first-order chi connectivity index (χ1) is 33.9. The maximum absolute atomic E-state index is 13.7. The Kier molecular flexibility index (Phi) is 21.6. The second-order valence-electron chi connectivity index (χ2n) is 16.8. The second-order valence-corrected chi connectivity index (χ2v) is 16.8. The van der Waals surface area contributed by atoms with Gasteiger partial charge in [-0.25, -0.2) is 9.59 Å². The Morgan fingerprint density at radius 1 is 0.667 bits per heavy atom. The third-order valence-electron chi connectivity index (χ3n) is 11.5. The van der Waals surface area contributed by atoms with Crippen molar-refractivity contribution in [1.29, 1.82) is 0 Å². The minimum atomic E-state index is -4.69. The van der Waals surface area contributed by atoms with Crippen LogP contribution in [0.2, 0.25) is 0 Å². The molecule has 2 N–H and O–H groups in total. The Hall–Kier alpha value is -6.07. The molecule has 0 saturated carbocycles. The second kappa shape index (κ2) is 26.6. The van der Waals surface area contributed by atoms with Crippen LogP contribution in [0.25, 0.3) is 21.9 Å². The zero-order valence-corrected chi connectivity index (χ0v) is 40.8. The molecule has 2 aromatic heterocycles. The van der Waals surface area contributed by atoms with Crippen LogP contribution in [0.4, 0.5) is 26.3 Å². The molecule has 6 aromatic rings. The maximum Gasteiger partial charge on any atom is 1.00 e. The number of halogens is 6. The molecule has 1 fully saturated rings. The van der Waals surface area contributed by atoms with Gasteiger partial charge in [0, 0.05) is 35.3 Å². The molecule has 0 spiro atoms. The number of hydrogen-bond donors (Lipinski definition) is 2. The summed E-state index contributed by atoms with van der Waals surface area (Å²) in [7, 11) is 0. The zero-order chi connectivity index (χ0) is 52.0. The Morgan fingerprint density at radius 3 is 1.43 bits per heavy atom. The number of carboxylic acids is 1. The molecule has 7 rings (SSSR count). The van der Waals surface area contributed by atoms with Crippen LogP contribution in [0.15, 0.2) is 81.8 Å². The number of amides is 1. The van der Waals surface area contributed by atoms with E-state index < -0.39 is 54.0 Å². The number of carbonyl (C=O) groups excluding carboxylic acids is 2. The SMILES string of the molecule is CCCc1cc2c(C(F)(F)F)noc2c(CCC)c1OC(C(=O)O)c1ccccc1.CCCc1cc2c(C(F)(F)F)noc2c(CCC)c1OC(C(=O)O[C@H](C)C(=O)N1CCCC1)c1ccccc1.[Li+].[O-]O. The predicted octanol–water partition coefficient (Wildman–Crippen LogP) is 8.21. The number of fused-ring (bicyclic) bond motifs is 2. The van der Waals surface area contributed by atoms with E-state index in [9.17, 15) is 45.8 Å². The van der Waals surface area contributed by atoms with Gasteiger partial charge >= 0.3 is 43.2 Å². The van der Waals surface area contributed by atoms with Crippen LogP contribution in [-0.2, 0) is 57.2 Å². The van der Waals surface area contributed by atoms with Crippen LogP contribution >= 0.6 is 0 Å². The van der Waals surface area contributed by atoms with Gasteiger partial charge in [0.2, 0.25) is 12.2 Å². The average Bonchev–Trinajstić information content (AvgIpc) is 4.14. The molecular formula is C51H56F6LiN3O11. The number of aliphatic carboxylic acids is 1. The number of rotatable bonds is 18. The first-order valence-corrected chi connectivity index (χ1v) is 23.3. The summed E-state index contributed by atoms with van der Waals surface area (Å²) in [6.45, 7) is 10.3. The van der Waals surface area contributed by atoms with Crippen molar-refractivity contribution in [3.8, 4) is 11.5 Å². The maximum atomic E-state index is 13.7. The van der Waals surface area contributed by atoms with Gasteiger partial charge in [-0.05, 0) is 68.7 Å². The fraction of sp³-hybridized carbons (Fsp3) is 0.431. The van der Waals surface area contributed by atoms with Crippen LogP contribution in [0, 0.1) is 0 Å². The zero-order valence-electron chi connectivity index (χ0n) is 40.8. The summed E-state index contributed by atoms with van der Waals surface area (Å²) in [6, 6.07) is 19.8. The summed E-state index contributed by atoms with van der Waals surface area (Å²) in [5.74, 6) is -1.69. The summed E-state index contributed by atoms with van der Waals surface area (Å²) in [6.07, 6.45) is -7.11. The number of carbonyl (C=O) groups is 3. The van der Waals surface area contributed by atoms with Crippen molar-refractivity contribution in [3.63, 3.8) is 0 Å². The Morgan fingerprint density at radius 2 is 1.06 bits per heavy atom. The molecule has 3 heterocycles. The number of hydrogen-bond acceptors (Lipinski definition) is 12. The van der Waals surface area contributed by atoms with Crippen LogP contribution in [-0.4, -0.2) is 62.6 Å². The van der Waals surface area contributed by atoms with Gasteiger partial charge in [0.05, 0.1) is 10.8 Å². The van der Waals surface area contributed by atoms with Crippen molar-refractivity contribution in [2.75, 3.05) is 13.1 Å². The number of nitrogens with zero attached hydrogens (tertiary/aromatic N) is 3. The van der Waals surface area contributed by atoms with E-state index in [0.717, 1.165) is 12.8 Å². The topological polar surface area (TPSA) is 198 Å². The smallest absolute Gasteiger partial charge is 0.727 e. The summed E-state index contributed by atoms with van der Waals surface area (Å²) >= 11 is 0. The average molecular weight is 1010 g/mol. The summed E-state index contributed by atoms with van der Waals surface area (Å²) < 4.78 is 109. The molecule has 3 atom stereocenters. The molecule has 384 valence electrons. The van der Waals surface area contributed by atoms with Gasteiger partial charge in [-0.1, -0.05) is 124 Å². The van der Waals surface area contributed by atoms with E-state index in [1.54, 1.807) is 65.6 Å². The van der Waals surface area contributed by atoms with Crippen LogP contribution in [0.1, 0.15) is 130 Å². The fourth-order valence-corrected chi connectivity index (χ4v) is 8.42. The number of ether oxygens (including phenoxy) is 3. The molecule has 1 aliphatic heterocycles.